The molecule has 2 atom stereocenters. The van der Waals surface area contributed by atoms with Gasteiger partial charge in [0.05, 0.1) is 10.9 Å². The number of nitrogens with zero attached hydrogens (tertiary/aromatic N) is 1. The number of likely N-dealkylation sites (N-methyl/N-ethyl adjacent to an activating group) is 1. The van der Waals surface area contributed by atoms with Crippen molar-refractivity contribution in [1.29, 1.82) is 0 Å². The molecule has 0 unspecified atom stereocenters. The second-order valence-corrected chi connectivity index (χ2v) is 11.9. The van der Waals surface area contributed by atoms with Crippen LogP contribution in [0.5, 0.6) is 0 Å². The Morgan fingerprint density at radius 2 is 1.35 bits per heavy atom. The zero-order chi connectivity index (χ0) is 25.8. The minimum absolute atomic E-state index is 0.0347. The van der Waals surface area contributed by atoms with E-state index in [1.165, 1.54) is 4.31 Å². The summed E-state index contributed by atoms with van der Waals surface area (Å²) in [5.74, 6) is -0.00195. The van der Waals surface area contributed by atoms with Crippen LogP contribution in [0.15, 0.2) is 47.4 Å². The van der Waals surface area contributed by atoms with Crippen LogP contribution in [-0.2, 0) is 19.6 Å². The monoisotopic (exact) mass is 487 g/mol. The fraction of sp³-hybridized carbons (Fsp3) is 0.536. The summed E-state index contributed by atoms with van der Waals surface area (Å²) in [7, 11) is -2.30. The fourth-order valence-electron chi connectivity index (χ4n) is 4.05. The summed E-state index contributed by atoms with van der Waals surface area (Å²) in [5, 5.41) is 0. The van der Waals surface area contributed by atoms with E-state index in [1.807, 2.05) is 70.2 Å². The molecule has 0 aliphatic rings. The first-order valence-corrected chi connectivity index (χ1v) is 13.7. The minimum Gasteiger partial charge on any atom is -0.456 e. The average molecular weight is 488 g/mol. The molecule has 2 aromatic carbocycles. The second-order valence-electron chi connectivity index (χ2n) is 9.93. The van der Waals surface area contributed by atoms with Gasteiger partial charge in [-0.3, -0.25) is 4.79 Å². The number of esters is 1. The number of ether oxygens (including phenoxy) is 1. The van der Waals surface area contributed by atoms with E-state index >= 15 is 0 Å². The smallest absolute Gasteiger partial charge is 0.306 e. The van der Waals surface area contributed by atoms with Crippen LogP contribution in [0.2, 0.25) is 0 Å². The van der Waals surface area contributed by atoms with Gasteiger partial charge in [-0.1, -0.05) is 90.9 Å². The van der Waals surface area contributed by atoms with E-state index in [-0.39, 0.29) is 24.2 Å². The second kappa shape index (κ2) is 11.5. The number of carbonyl (C=O) groups excluding carboxylic acids is 1. The molecule has 0 bridgehead atoms. The summed E-state index contributed by atoms with van der Waals surface area (Å²) in [6, 6.07) is 12.8. The topological polar surface area (TPSA) is 63.7 Å². The van der Waals surface area contributed by atoms with Crippen LogP contribution in [0.25, 0.3) is 0 Å². The molecule has 0 fully saturated rings. The van der Waals surface area contributed by atoms with E-state index in [1.54, 1.807) is 20.9 Å². The summed E-state index contributed by atoms with van der Waals surface area (Å²) in [6.07, 6.45) is -0.494. The van der Waals surface area contributed by atoms with Gasteiger partial charge in [0.2, 0.25) is 10.0 Å². The largest absolute Gasteiger partial charge is 0.456 e. The van der Waals surface area contributed by atoms with Crippen LogP contribution in [0.3, 0.4) is 0 Å². The standard InChI is InChI=1S/C28H41NO4S/c1-10-26(30)33-27(22-14-12-11-13-15-22)21(8)29(9)34(31,32)28-24(19(4)5)16-23(18(2)3)17-25(28)20(6)7/h11-21,27H,10H2,1-9H3/t21-,27-/m0/s1. The van der Waals surface area contributed by atoms with Crippen molar-refractivity contribution >= 4 is 16.0 Å². The predicted octanol–water partition coefficient (Wildman–Crippen LogP) is 6.76. The molecule has 0 saturated carbocycles. The molecule has 5 nitrogen and oxygen atoms in total. The fourth-order valence-corrected chi connectivity index (χ4v) is 6.07. The highest BCUT2D eigenvalue weighted by Crippen LogP contribution is 2.38. The maximum absolute atomic E-state index is 14.2. The maximum atomic E-state index is 14.2. The first-order valence-electron chi connectivity index (χ1n) is 12.2. The molecule has 0 aliphatic heterocycles. The highest BCUT2D eigenvalue weighted by atomic mass is 32.2. The van der Waals surface area contributed by atoms with Gasteiger partial charge in [-0.15, -0.1) is 0 Å². The third-order valence-corrected chi connectivity index (χ3v) is 8.48. The third kappa shape index (κ3) is 6.08. The molecule has 188 valence electrons. The van der Waals surface area contributed by atoms with Gasteiger partial charge in [0, 0.05) is 13.5 Å². The predicted molar refractivity (Wildman–Crippen MR) is 139 cm³/mol. The van der Waals surface area contributed by atoms with Crippen LogP contribution in [-0.4, -0.2) is 31.8 Å². The van der Waals surface area contributed by atoms with Crippen LogP contribution < -0.4 is 0 Å². The van der Waals surface area contributed by atoms with Crippen molar-refractivity contribution < 1.29 is 17.9 Å². The molecular formula is C28H41NO4S. The molecule has 0 radical (unpaired) electrons. The lowest BCUT2D eigenvalue weighted by Crippen LogP contribution is -2.41. The Kier molecular flexibility index (Phi) is 9.49. The van der Waals surface area contributed by atoms with E-state index in [2.05, 4.69) is 13.8 Å². The van der Waals surface area contributed by atoms with Crippen molar-refractivity contribution in [2.24, 2.45) is 0 Å². The number of rotatable bonds is 10. The zero-order valence-electron chi connectivity index (χ0n) is 22.1. The number of benzene rings is 2. The summed E-state index contributed by atoms with van der Waals surface area (Å²) in [4.78, 5) is 12.6. The van der Waals surface area contributed by atoms with E-state index in [0.29, 0.717) is 10.8 Å². The molecule has 0 amide bonds. The Morgan fingerprint density at radius 1 is 0.853 bits per heavy atom. The Labute approximate surface area is 206 Å². The first-order chi connectivity index (χ1) is 15.8. The quantitative estimate of drug-likeness (QED) is 0.347. The number of hydrogen-bond donors (Lipinski definition) is 0. The average Bonchev–Trinajstić information content (AvgIpc) is 2.80. The molecule has 6 heteroatoms. The van der Waals surface area contributed by atoms with Crippen LogP contribution >= 0.6 is 0 Å². The lowest BCUT2D eigenvalue weighted by atomic mass is 9.89. The molecule has 0 N–H and O–H groups in total. The van der Waals surface area contributed by atoms with Gasteiger partial charge < -0.3 is 4.74 Å². The summed E-state index contributed by atoms with van der Waals surface area (Å²) >= 11 is 0. The summed E-state index contributed by atoms with van der Waals surface area (Å²) in [5.41, 5.74) is 3.56. The molecule has 0 spiro atoms. The Morgan fingerprint density at radius 3 is 1.76 bits per heavy atom. The van der Waals surface area contributed by atoms with Gasteiger partial charge in [-0.05, 0) is 46.9 Å². The third-order valence-electron chi connectivity index (χ3n) is 6.40. The van der Waals surface area contributed by atoms with Gasteiger partial charge >= 0.3 is 5.97 Å². The van der Waals surface area contributed by atoms with Crippen molar-refractivity contribution in [2.75, 3.05) is 7.05 Å². The van der Waals surface area contributed by atoms with E-state index in [4.69, 9.17) is 4.74 Å². The van der Waals surface area contributed by atoms with Crippen molar-refractivity contribution in [1.82, 2.24) is 4.31 Å². The first kappa shape index (κ1) is 28.1. The lowest BCUT2D eigenvalue weighted by Gasteiger charge is -2.33. The Balaban J connectivity index is 2.66. The van der Waals surface area contributed by atoms with Crippen LogP contribution in [0.1, 0.15) is 108 Å². The number of carbonyl (C=O) groups is 1. The van der Waals surface area contributed by atoms with Crippen LogP contribution in [0.4, 0.5) is 0 Å². The Bertz CT molecular complexity index is 1050. The van der Waals surface area contributed by atoms with Gasteiger partial charge in [-0.2, -0.15) is 4.31 Å². The summed E-state index contributed by atoms with van der Waals surface area (Å²) in [6.45, 7) is 15.9. The van der Waals surface area contributed by atoms with Gasteiger partial charge in [0.25, 0.3) is 0 Å². The van der Waals surface area contributed by atoms with E-state index in [0.717, 1.165) is 22.3 Å². The molecule has 2 rings (SSSR count). The lowest BCUT2D eigenvalue weighted by molar-refractivity contribution is -0.151. The van der Waals surface area contributed by atoms with E-state index in [9.17, 15) is 13.2 Å². The molecule has 0 heterocycles. The van der Waals surface area contributed by atoms with Crippen molar-refractivity contribution in [3.8, 4) is 0 Å². The zero-order valence-corrected chi connectivity index (χ0v) is 22.9. The van der Waals surface area contributed by atoms with Crippen molar-refractivity contribution in [3.63, 3.8) is 0 Å². The SMILES string of the molecule is CCC(=O)O[C@H](c1ccccc1)[C@H](C)N(C)S(=O)(=O)c1c(C(C)C)cc(C(C)C)cc1C(C)C. The highest BCUT2D eigenvalue weighted by molar-refractivity contribution is 7.89. The van der Waals surface area contributed by atoms with Crippen molar-refractivity contribution in [2.45, 2.75) is 96.6 Å². The van der Waals surface area contributed by atoms with E-state index < -0.39 is 22.2 Å². The molecule has 0 saturated heterocycles. The van der Waals surface area contributed by atoms with Gasteiger partial charge in [-0.25, -0.2) is 8.42 Å². The summed E-state index contributed by atoms with van der Waals surface area (Å²) < 4.78 is 35.5. The number of sulfonamides is 1. The van der Waals surface area contributed by atoms with Crippen LogP contribution in [0, 0.1) is 0 Å². The maximum Gasteiger partial charge on any atom is 0.306 e. The van der Waals surface area contributed by atoms with Gasteiger partial charge in [0.1, 0.15) is 6.10 Å². The van der Waals surface area contributed by atoms with Gasteiger partial charge in [0.15, 0.2) is 0 Å². The Hall–Kier alpha value is -2.18. The molecule has 34 heavy (non-hydrogen) atoms. The van der Waals surface area contributed by atoms with Crippen molar-refractivity contribution in [3.05, 3.63) is 64.7 Å². The molecular weight excluding hydrogens is 446 g/mol. The molecule has 2 aromatic rings. The normalized spacial score (nSPS) is 14.1. The molecule has 0 aliphatic carbocycles. The number of hydrogen-bond acceptors (Lipinski definition) is 4. The minimum atomic E-state index is -3.89. The highest BCUT2D eigenvalue weighted by Gasteiger charge is 2.37. The molecule has 0 aromatic heterocycles.